The minimum absolute atomic E-state index is 0.201. The van der Waals surface area contributed by atoms with Crippen LogP contribution < -0.4 is 5.73 Å². The van der Waals surface area contributed by atoms with Gasteiger partial charge in [-0.2, -0.15) is 0 Å². The van der Waals surface area contributed by atoms with Gasteiger partial charge in [-0.25, -0.2) is 0 Å². The SMILES string of the molecule is CCN1CCCC1C1(N)CCC1. The summed E-state index contributed by atoms with van der Waals surface area (Å²) in [4.78, 5) is 2.57. The van der Waals surface area contributed by atoms with Crippen molar-refractivity contribution in [2.45, 2.75) is 50.6 Å². The first-order chi connectivity index (χ1) is 5.76. The van der Waals surface area contributed by atoms with Crippen molar-refractivity contribution in [3.05, 3.63) is 0 Å². The predicted molar refractivity (Wildman–Crippen MR) is 51.0 cm³/mol. The summed E-state index contributed by atoms with van der Waals surface area (Å²) in [5.74, 6) is 0. The molecule has 0 spiro atoms. The van der Waals surface area contributed by atoms with Crippen molar-refractivity contribution in [3.8, 4) is 0 Å². The number of likely N-dealkylation sites (tertiary alicyclic amines) is 1. The van der Waals surface area contributed by atoms with Gasteiger partial charge in [0.25, 0.3) is 0 Å². The first-order valence-electron chi connectivity index (χ1n) is 5.29. The monoisotopic (exact) mass is 168 g/mol. The van der Waals surface area contributed by atoms with Gasteiger partial charge in [0, 0.05) is 11.6 Å². The van der Waals surface area contributed by atoms with Gasteiger partial charge in [0.15, 0.2) is 0 Å². The lowest BCUT2D eigenvalue weighted by molar-refractivity contribution is 0.102. The van der Waals surface area contributed by atoms with Crippen LogP contribution in [0, 0.1) is 0 Å². The molecule has 1 aliphatic carbocycles. The van der Waals surface area contributed by atoms with Crippen molar-refractivity contribution in [3.63, 3.8) is 0 Å². The highest BCUT2D eigenvalue weighted by Crippen LogP contribution is 2.38. The summed E-state index contributed by atoms with van der Waals surface area (Å²) >= 11 is 0. The maximum atomic E-state index is 6.33. The van der Waals surface area contributed by atoms with Crippen molar-refractivity contribution in [2.75, 3.05) is 13.1 Å². The summed E-state index contributed by atoms with van der Waals surface area (Å²) in [5.41, 5.74) is 6.53. The van der Waals surface area contributed by atoms with Crippen LogP contribution in [0.2, 0.25) is 0 Å². The van der Waals surface area contributed by atoms with Crippen molar-refractivity contribution < 1.29 is 0 Å². The van der Waals surface area contributed by atoms with Crippen LogP contribution in [0.4, 0.5) is 0 Å². The van der Waals surface area contributed by atoms with Crippen LogP contribution in [0.5, 0.6) is 0 Å². The fraction of sp³-hybridized carbons (Fsp3) is 1.00. The molecular weight excluding hydrogens is 148 g/mol. The lowest BCUT2D eigenvalue weighted by Gasteiger charge is -2.46. The van der Waals surface area contributed by atoms with Gasteiger partial charge in [0.05, 0.1) is 0 Å². The highest BCUT2D eigenvalue weighted by molar-refractivity contribution is 5.04. The summed E-state index contributed by atoms with van der Waals surface area (Å²) in [7, 11) is 0. The van der Waals surface area contributed by atoms with Gasteiger partial charge >= 0.3 is 0 Å². The van der Waals surface area contributed by atoms with Crippen molar-refractivity contribution in [2.24, 2.45) is 5.73 Å². The molecular formula is C10H20N2. The third kappa shape index (κ3) is 1.17. The molecule has 70 valence electrons. The Morgan fingerprint density at radius 2 is 2.17 bits per heavy atom. The number of hydrogen-bond donors (Lipinski definition) is 1. The van der Waals surface area contributed by atoms with Gasteiger partial charge in [-0.1, -0.05) is 6.92 Å². The van der Waals surface area contributed by atoms with Crippen LogP contribution in [0.1, 0.15) is 39.0 Å². The van der Waals surface area contributed by atoms with E-state index in [1.165, 1.54) is 45.2 Å². The Morgan fingerprint density at radius 1 is 1.42 bits per heavy atom. The molecule has 2 aliphatic rings. The fourth-order valence-electron chi connectivity index (χ4n) is 2.77. The van der Waals surface area contributed by atoms with Crippen LogP contribution in [-0.4, -0.2) is 29.6 Å². The van der Waals surface area contributed by atoms with E-state index in [2.05, 4.69) is 11.8 Å². The number of likely N-dealkylation sites (N-methyl/N-ethyl adjacent to an activating group) is 1. The molecule has 0 radical (unpaired) electrons. The van der Waals surface area contributed by atoms with Gasteiger partial charge < -0.3 is 5.73 Å². The van der Waals surface area contributed by atoms with Gasteiger partial charge in [-0.3, -0.25) is 4.90 Å². The minimum Gasteiger partial charge on any atom is -0.324 e. The predicted octanol–water partition coefficient (Wildman–Crippen LogP) is 1.35. The van der Waals surface area contributed by atoms with E-state index in [4.69, 9.17) is 5.73 Å². The van der Waals surface area contributed by atoms with Gasteiger partial charge in [0.1, 0.15) is 0 Å². The molecule has 2 rings (SSSR count). The normalized spacial score (nSPS) is 35.0. The van der Waals surface area contributed by atoms with E-state index in [1.807, 2.05) is 0 Å². The Kier molecular flexibility index (Phi) is 2.13. The van der Waals surface area contributed by atoms with Crippen molar-refractivity contribution >= 4 is 0 Å². The number of nitrogens with zero attached hydrogens (tertiary/aromatic N) is 1. The molecule has 2 fully saturated rings. The molecule has 12 heavy (non-hydrogen) atoms. The Morgan fingerprint density at radius 3 is 2.67 bits per heavy atom. The molecule has 0 aromatic rings. The average molecular weight is 168 g/mol. The van der Waals surface area contributed by atoms with Crippen LogP contribution in [0.15, 0.2) is 0 Å². The topological polar surface area (TPSA) is 29.3 Å². The molecule has 2 N–H and O–H groups in total. The Bertz CT molecular complexity index is 163. The van der Waals surface area contributed by atoms with Crippen molar-refractivity contribution in [1.82, 2.24) is 4.90 Å². The average Bonchev–Trinajstić information content (AvgIpc) is 2.47. The molecule has 1 saturated carbocycles. The fourth-order valence-corrected chi connectivity index (χ4v) is 2.77. The lowest BCUT2D eigenvalue weighted by Crippen LogP contribution is -2.60. The van der Waals surface area contributed by atoms with E-state index < -0.39 is 0 Å². The van der Waals surface area contributed by atoms with E-state index >= 15 is 0 Å². The quantitative estimate of drug-likeness (QED) is 0.674. The van der Waals surface area contributed by atoms with Gasteiger partial charge in [-0.15, -0.1) is 0 Å². The minimum atomic E-state index is 0.201. The number of rotatable bonds is 2. The highest BCUT2D eigenvalue weighted by Gasteiger charge is 2.44. The molecule has 1 atom stereocenters. The molecule has 0 aromatic heterocycles. The van der Waals surface area contributed by atoms with Gasteiger partial charge in [0.2, 0.25) is 0 Å². The molecule has 2 heteroatoms. The number of nitrogens with two attached hydrogens (primary N) is 1. The van der Waals surface area contributed by atoms with Gasteiger partial charge in [-0.05, 0) is 45.2 Å². The maximum Gasteiger partial charge on any atom is 0.0312 e. The lowest BCUT2D eigenvalue weighted by atomic mass is 9.71. The summed E-state index contributed by atoms with van der Waals surface area (Å²) in [5, 5.41) is 0. The largest absolute Gasteiger partial charge is 0.324 e. The smallest absolute Gasteiger partial charge is 0.0312 e. The third-order valence-corrected chi connectivity index (χ3v) is 3.72. The molecule has 1 saturated heterocycles. The second-order valence-corrected chi connectivity index (χ2v) is 4.37. The Balaban J connectivity index is 2.01. The molecule has 2 nitrogen and oxygen atoms in total. The molecule has 1 aliphatic heterocycles. The summed E-state index contributed by atoms with van der Waals surface area (Å²) < 4.78 is 0. The summed E-state index contributed by atoms with van der Waals surface area (Å²) in [6.07, 6.45) is 6.56. The first kappa shape index (κ1) is 8.52. The van der Waals surface area contributed by atoms with Crippen LogP contribution in [0.3, 0.4) is 0 Å². The zero-order valence-corrected chi connectivity index (χ0v) is 8.05. The standard InChI is InChI=1S/C10H20N2/c1-2-12-8-3-5-9(12)10(11)6-4-7-10/h9H,2-8,11H2,1H3. The number of hydrogen-bond acceptors (Lipinski definition) is 2. The summed E-state index contributed by atoms with van der Waals surface area (Å²) in [6, 6.07) is 0.705. The Hall–Kier alpha value is -0.0800. The van der Waals surface area contributed by atoms with E-state index in [0.717, 1.165) is 0 Å². The van der Waals surface area contributed by atoms with E-state index in [9.17, 15) is 0 Å². The molecule has 1 unspecified atom stereocenters. The molecule has 0 bridgehead atoms. The second kappa shape index (κ2) is 3.00. The van der Waals surface area contributed by atoms with Crippen LogP contribution >= 0.6 is 0 Å². The summed E-state index contributed by atoms with van der Waals surface area (Å²) in [6.45, 7) is 4.71. The highest BCUT2D eigenvalue weighted by atomic mass is 15.2. The third-order valence-electron chi connectivity index (χ3n) is 3.72. The second-order valence-electron chi connectivity index (χ2n) is 4.37. The zero-order chi connectivity index (χ0) is 8.60. The molecule has 0 amide bonds. The Labute approximate surface area is 75.1 Å². The zero-order valence-electron chi connectivity index (χ0n) is 8.05. The van der Waals surface area contributed by atoms with Crippen LogP contribution in [0.25, 0.3) is 0 Å². The maximum absolute atomic E-state index is 6.33. The first-order valence-corrected chi connectivity index (χ1v) is 5.29. The van der Waals surface area contributed by atoms with E-state index in [1.54, 1.807) is 0 Å². The van der Waals surface area contributed by atoms with Crippen molar-refractivity contribution in [1.29, 1.82) is 0 Å². The van der Waals surface area contributed by atoms with E-state index in [0.29, 0.717) is 6.04 Å². The van der Waals surface area contributed by atoms with E-state index in [-0.39, 0.29) is 5.54 Å². The molecule has 1 heterocycles. The van der Waals surface area contributed by atoms with Crippen LogP contribution in [-0.2, 0) is 0 Å². The molecule has 0 aromatic carbocycles.